The van der Waals surface area contributed by atoms with E-state index in [9.17, 15) is 9.18 Å². The molecule has 1 N–H and O–H groups in total. The molecule has 1 saturated heterocycles. The maximum atomic E-state index is 13.2. The number of carbonyl (C=O) groups is 1. The number of hydrogen-bond acceptors (Lipinski definition) is 2. The fraction of sp³-hybridized carbons (Fsp3) is 0.350. The molecule has 1 aliphatic rings. The third-order valence-corrected chi connectivity index (χ3v) is 4.62. The summed E-state index contributed by atoms with van der Waals surface area (Å²) < 4.78 is 18.3. The molecule has 1 heterocycles. The van der Waals surface area contributed by atoms with Gasteiger partial charge in [-0.1, -0.05) is 24.6 Å². The Bertz CT molecular complexity index is 718. The van der Waals surface area contributed by atoms with Crippen molar-refractivity contribution in [3.63, 3.8) is 0 Å². The number of hydrogen-bond donors (Lipinski definition) is 1. The third-order valence-electron chi connectivity index (χ3n) is 4.62. The molecular weight excluding hydrogens is 319 g/mol. The number of benzene rings is 2. The molecule has 5 heteroatoms. The fourth-order valence-electron chi connectivity index (χ4n) is 3.24. The van der Waals surface area contributed by atoms with Crippen molar-refractivity contribution >= 4 is 11.7 Å². The summed E-state index contributed by atoms with van der Waals surface area (Å²) in [5.74, 6) is 0.710. The van der Waals surface area contributed by atoms with Gasteiger partial charge >= 0.3 is 6.03 Å². The van der Waals surface area contributed by atoms with E-state index in [-0.39, 0.29) is 17.8 Å². The van der Waals surface area contributed by atoms with Crippen molar-refractivity contribution in [2.24, 2.45) is 0 Å². The Morgan fingerprint density at radius 1 is 1.20 bits per heavy atom. The van der Waals surface area contributed by atoms with Crippen LogP contribution in [0.2, 0.25) is 0 Å². The number of likely N-dealkylation sites (tertiary alicyclic amines) is 1. The number of carbonyl (C=O) groups excluding carboxylic acids is 1. The molecule has 0 spiro atoms. The summed E-state index contributed by atoms with van der Waals surface area (Å²) in [6.45, 7) is 1.37. The van der Waals surface area contributed by atoms with Crippen LogP contribution in [-0.4, -0.2) is 31.1 Å². The normalized spacial score (nSPS) is 17.7. The maximum Gasteiger partial charge on any atom is 0.321 e. The number of rotatable bonds is 3. The minimum atomic E-state index is -0.231. The number of anilines is 1. The van der Waals surface area contributed by atoms with Crippen molar-refractivity contribution in [1.29, 1.82) is 0 Å². The number of ether oxygens (including phenoxy) is 1. The molecule has 2 amide bonds. The van der Waals surface area contributed by atoms with E-state index in [4.69, 9.17) is 4.74 Å². The van der Waals surface area contributed by atoms with Gasteiger partial charge in [0.05, 0.1) is 7.11 Å². The van der Waals surface area contributed by atoms with Crippen LogP contribution >= 0.6 is 0 Å². The highest BCUT2D eigenvalue weighted by Gasteiger charge is 2.23. The van der Waals surface area contributed by atoms with Gasteiger partial charge in [-0.2, -0.15) is 0 Å². The molecule has 0 radical (unpaired) electrons. The fourth-order valence-corrected chi connectivity index (χ4v) is 3.24. The molecule has 2 aromatic carbocycles. The topological polar surface area (TPSA) is 41.6 Å². The first kappa shape index (κ1) is 17.3. The van der Waals surface area contributed by atoms with E-state index in [1.807, 2.05) is 35.2 Å². The molecule has 0 aromatic heterocycles. The van der Waals surface area contributed by atoms with Crippen LogP contribution in [0.5, 0.6) is 5.75 Å². The van der Waals surface area contributed by atoms with E-state index in [0.717, 1.165) is 31.4 Å². The molecule has 3 rings (SSSR count). The first-order valence-corrected chi connectivity index (χ1v) is 8.61. The lowest BCUT2D eigenvalue weighted by Gasteiger charge is -2.25. The maximum absolute atomic E-state index is 13.2. The monoisotopic (exact) mass is 342 g/mol. The van der Waals surface area contributed by atoms with Crippen LogP contribution < -0.4 is 10.1 Å². The van der Waals surface area contributed by atoms with Gasteiger partial charge in [0.1, 0.15) is 11.6 Å². The SMILES string of the molecule is COc1cccc(NC(=O)N2CCCCC(c3ccc(F)cc3)C2)c1. The number of methoxy groups -OCH3 is 1. The second-order valence-corrected chi connectivity index (χ2v) is 6.35. The zero-order chi connectivity index (χ0) is 17.6. The lowest BCUT2D eigenvalue weighted by atomic mass is 9.94. The molecule has 0 bridgehead atoms. The Morgan fingerprint density at radius 2 is 2.00 bits per heavy atom. The van der Waals surface area contributed by atoms with Crippen molar-refractivity contribution in [2.45, 2.75) is 25.2 Å². The molecule has 132 valence electrons. The highest BCUT2D eigenvalue weighted by Crippen LogP contribution is 2.27. The van der Waals surface area contributed by atoms with Crippen LogP contribution in [0.15, 0.2) is 48.5 Å². The van der Waals surface area contributed by atoms with E-state index in [2.05, 4.69) is 5.32 Å². The van der Waals surface area contributed by atoms with E-state index in [0.29, 0.717) is 18.0 Å². The first-order chi connectivity index (χ1) is 12.2. The zero-order valence-corrected chi connectivity index (χ0v) is 14.4. The number of urea groups is 1. The average Bonchev–Trinajstić information content (AvgIpc) is 2.89. The van der Waals surface area contributed by atoms with Crippen LogP contribution in [0.3, 0.4) is 0 Å². The van der Waals surface area contributed by atoms with Crippen molar-refractivity contribution in [3.05, 3.63) is 59.9 Å². The van der Waals surface area contributed by atoms with Gasteiger partial charge in [0.2, 0.25) is 0 Å². The summed E-state index contributed by atoms with van der Waals surface area (Å²) in [5.41, 5.74) is 1.80. The molecule has 1 atom stereocenters. The summed E-state index contributed by atoms with van der Waals surface area (Å²) in [6, 6.07) is 13.8. The van der Waals surface area contributed by atoms with Crippen molar-refractivity contribution in [1.82, 2.24) is 4.90 Å². The van der Waals surface area contributed by atoms with Gasteiger partial charge in [-0.3, -0.25) is 0 Å². The average molecular weight is 342 g/mol. The van der Waals surface area contributed by atoms with Crippen molar-refractivity contribution in [2.75, 3.05) is 25.5 Å². The molecule has 4 nitrogen and oxygen atoms in total. The highest BCUT2D eigenvalue weighted by molar-refractivity contribution is 5.89. The molecular formula is C20H23FN2O2. The summed E-state index contributed by atoms with van der Waals surface area (Å²) in [4.78, 5) is 14.5. The zero-order valence-electron chi connectivity index (χ0n) is 14.4. The third kappa shape index (κ3) is 4.50. The van der Waals surface area contributed by atoms with E-state index in [1.54, 1.807) is 13.2 Å². The number of amides is 2. The molecule has 0 aliphatic carbocycles. The van der Waals surface area contributed by atoms with Gasteiger partial charge in [-0.15, -0.1) is 0 Å². The summed E-state index contributed by atoms with van der Waals surface area (Å²) in [5, 5.41) is 2.94. The summed E-state index contributed by atoms with van der Waals surface area (Å²) >= 11 is 0. The van der Waals surface area contributed by atoms with Gasteiger partial charge < -0.3 is 15.0 Å². The lowest BCUT2D eigenvalue weighted by Crippen LogP contribution is -2.37. The number of nitrogens with zero attached hydrogens (tertiary/aromatic N) is 1. The smallest absolute Gasteiger partial charge is 0.321 e. The van der Waals surface area contributed by atoms with Gasteiger partial charge in [-0.25, -0.2) is 9.18 Å². The van der Waals surface area contributed by atoms with Crippen molar-refractivity contribution < 1.29 is 13.9 Å². The Morgan fingerprint density at radius 3 is 2.76 bits per heavy atom. The summed E-state index contributed by atoms with van der Waals surface area (Å²) in [6.07, 6.45) is 3.04. The van der Waals surface area contributed by atoms with Crippen LogP contribution in [0.1, 0.15) is 30.7 Å². The van der Waals surface area contributed by atoms with Gasteiger partial charge in [0.25, 0.3) is 0 Å². The van der Waals surface area contributed by atoms with Gasteiger partial charge in [-0.05, 0) is 42.7 Å². The van der Waals surface area contributed by atoms with Crippen LogP contribution in [-0.2, 0) is 0 Å². The molecule has 1 unspecified atom stereocenters. The quantitative estimate of drug-likeness (QED) is 0.883. The molecule has 1 aliphatic heterocycles. The van der Waals surface area contributed by atoms with E-state index in [1.165, 1.54) is 12.1 Å². The van der Waals surface area contributed by atoms with Crippen LogP contribution in [0.4, 0.5) is 14.9 Å². The lowest BCUT2D eigenvalue weighted by molar-refractivity contribution is 0.211. The van der Waals surface area contributed by atoms with Crippen LogP contribution in [0.25, 0.3) is 0 Å². The Kier molecular flexibility index (Phi) is 5.53. The van der Waals surface area contributed by atoms with Gasteiger partial charge in [0.15, 0.2) is 0 Å². The van der Waals surface area contributed by atoms with Crippen molar-refractivity contribution in [3.8, 4) is 5.75 Å². The first-order valence-electron chi connectivity index (χ1n) is 8.61. The Hall–Kier alpha value is -2.56. The van der Waals surface area contributed by atoms with E-state index >= 15 is 0 Å². The predicted molar refractivity (Wildman–Crippen MR) is 96.6 cm³/mol. The van der Waals surface area contributed by atoms with Crippen LogP contribution in [0, 0.1) is 5.82 Å². The molecule has 25 heavy (non-hydrogen) atoms. The number of halogens is 1. The highest BCUT2D eigenvalue weighted by atomic mass is 19.1. The standard InChI is InChI=1S/C20H23FN2O2/c1-25-19-7-4-6-18(13-19)22-20(24)23-12-3-2-5-16(14-23)15-8-10-17(21)11-9-15/h4,6-11,13,16H,2-3,5,12,14H2,1H3,(H,22,24). The molecule has 2 aromatic rings. The second-order valence-electron chi connectivity index (χ2n) is 6.35. The Balaban J connectivity index is 1.69. The summed E-state index contributed by atoms with van der Waals surface area (Å²) in [7, 11) is 1.60. The number of nitrogens with one attached hydrogen (secondary N) is 1. The Labute approximate surface area is 147 Å². The largest absolute Gasteiger partial charge is 0.497 e. The van der Waals surface area contributed by atoms with Gasteiger partial charge in [0, 0.05) is 30.8 Å². The van der Waals surface area contributed by atoms with E-state index < -0.39 is 0 Å². The molecule has 0 saturated carbocycles. The minimum absolute atomic E-state index is 0.109. The minimum Gasteiger partial charge on any atom is -0.497 e. The second kappa shape index (κ2) is 8.01. The predicted octanol–water partition coefficient (Wildman–Crippen LogP) is 4.64. The molecule has 1 fully saturated rings.